The minimum absolute atomic E-state index is 0.311. The molecule has 21 heavy (non-hydrogen) atoms. The molecule has 2 N–H and O–H groups in total. The molecule has 0 saturated carbocycles. The van der Waals surface area contributed by atoms with Crippen molar-refractivity contribution >= 4 is 5.82 Å². The Morgan fingerprint density at radius 3 is 2.71 bits per heavy atom. The molecule has 0 saturated heterocycles. The van der Waals surface area contributed by atoms with Crippen LogP contribution in [0.3, 0.4) is 0 Å². The summed E-state index contributed by atoms with van der Waals surface area (Å²) in [6.07, 6.45) is 4.80. The van der Waals surface area contributed by atoms with Crippen molar-refractivity contribution in [2.45, 2.75) is 32.3 Å². The maximum Gasteiger partial charge on any atom is 0.224 e. The van der Waals surface area contributed by atoms with Crippen LogP contribution in [0.15, 0.2) is 24.3 Å². The van der Waals surface area contributed by atoms with E-state index in [1.54, 1.807) is 13.2 Å². The molecule has 0 fully saturated rings. The van der Waals surface area contributed by atoms with E-state index in [1.165, 1.54) is 24.0 Å². The van der Waals surface area contributed by atoms with E-state index >= 15 is 0 Å². The van der Waals surface area contributed by atoms with Crippen molar-refractivity contribution in [3.05, 3.63) is 41.2 Å². The van der Waals surface area contributed by atoms with Crippen LogP contribution in [0, 0.1) is 0 Å². The van der Waals surface area contributed by atoms with Crippen LogP contribution in [0.2, 0.25) is 0 Å². The summed E-state index contributed by atoms with van der Waals surface area (Å²) in [5.74, 6) is 2.14. The molecule has 2 aromatic rings. The van der Waals surface area contributed by atoms with E-state index in [1.807, 2.05) is 6.07 Å². The van der Waals surface area contributed by atoms with Gasteiger partial charge in [0.05, 0.1) is 0 Å². The Morgan fingerprint density at radius 1 is 1.10 bits per heavy atom. The van der Waals surface area contributed by atoms with E-state index < -0.39 is 0 Å². The number of aromatic nitrogens is 2. The fourth-order valence-electron chi connectivity index (χ4n) is 2.63. The number of hydrogen-bond donors (Lipinski definition) is 1. The summed E-state index contributed by atoms with van der Waals surface area (Å²) in [5.41, 5.74) is 8.57. The number of benzene rings is 1. The highest BCUT2D eigenvalue weighted by molar-refractivity contribution is 5.40. The van der Waals surface area contributed by atoms with Crippen molar-refractivity contribution < 1.29 is 9.47 Å². The number of rotatable bonds is 4. The van der Waals surface area contributed by atoms with Gasteiger partial charge in [-0.25, -0.2) is 4.98 Å². The van der Waals surface area contributed by atoms with E-state index in [0.29, 0.717) is 24.1 Å². The van der Waals surface area contributed by atoms with Crippen LogP contribution < -0.4 is 10.5 Å². The van der Waals surface area contributed by atoms with Gasteiger partial charge in [0.1, 0.15) is 18.2 Å². The molecule has 1 aromatic carbocycles. The molecule has 1 aromatic heterocycles. The number of ether oxygens (including phenoxy) is 2. The zero-order chi connectivity index (χ0) is 14.7. The van der Waals surface area contributed by atoms with Crippen molar-refractivity contribution in [1.82, 2.24) is 9.97 Å². The van der Waals surface area contributed by atoms with Gasteiger partial charge < -0.3 is 15.2 Å². The number of fused-ring (bicyclic) bond motifs is 1. The van der Waals surface area contributed by atoms with Gasteiger partial charge in [-0.15, -0.1) is 0 Å². The summed E-state index contributed by atoms with van der Waals surface area (Å²) in [4.78, 5) is 8.39. The lowest BCUT2D eigenvalue weighted by Gasteiger charge is -2.16. The molecule has 1 aliphatic carbocycles. The molecule has 5 heteroatoms. The molecular weight excluding hydrogens is 266 g/mol. The minimum atomic E-state index is 0.311. The van der Waals surface area contributed by atoms with Gasteiger partial charge in [-0.2, -0.15) is 4.98 Å². The van der Waals surface area contributed by atoms with Gasteiger partial charge in [0.2, 0.25) is 5.88 Å². The first-order chi connectivity index (χ1) is 10.2. The molecule has 3 rings (SSSR count). The first kappa shape index (κ1) is 13.8. The normalized spacial score (nSPS) is 13.8. The molecule has 1 aliphatic rings. The van der Waals surface area contributed by atoms with Gasteiger partial charge >= 0.3 is 0 Å². The summed E-state index contributed by atoms with van der Waals surface area (Å²) in [7, 11) is 1.59. The largest absolute Gasteiger partial charge is 0.439 e. The van der Waals surface area contributed by atoms with Crippen molar-refractivity contribution in [2.75, 3.05) is 12.8 Å². The third-order valence-electron chi connectivity index (χ3n) is 3.58. The molecule has 110 valence electrons. The third-order valence-corrected chi connectivity index (χ3v) is 3.58. The lowest BCUT2D eigenvalue weighted by molar-refractivity contribution is 0.177. The molecule has 0 atom stereocenters. The van der Waals surface area contributed by atoms with E-state index in [0.717, 1.165) is 18.6 Å². The lowest BCUT2D eigenvalue weighted by atomic mass is 9.92. The second kappa shape index (κ2) is 6.10. The zero-order valence-electron chi connectivity index (χ0n) is 12.1. The second-order valence-electron chi connectivity index (χ2n) is 5.22. The first-order valence-electron chi connectivity index (χ1n) is 7.16. The average molecular weight is 285 g/mol. The van der Waals surface area contributed by atoms with Crippen LogP contribution in [0.25, 0.3) is 0 Å². The zero-order valence-corrected chi connectivity index (χ0v) is 12.1. The fraction of sp³-hybridized carbons (Fsp3) is 0.375. The highest BCUT2D eigenvalue weighted by Gasteiger charge is 2.11. The standard InChI is InChI=1S/C16H19N3O2/c1-20-10-15-18-14(17)9-16(19-15)21-13-7-6-11-4-2-3-5-12(11)8-13/h6-9H,2-5,10H2,1H3,(H2,17,18,19). The summed E-state index contributed by atoms with van der Waals surface area (Å²) >= 11 is 0. The lowest BCUT2D eigenvalue weighted by Crippen LogP contribution is -2.04. The quantitative estimate of drug-likeness (QED) is 0.935. The van der Waals surface area contributed by atoms with Gasteiger partial charge in [0.25, 0.3) is 0 Å². The van der Waals surface area contributed by atoms with Crippen LogP contribution in [0.5, 0.6) is 11.6 Å². The SMILES string of the molecule is COCc1nc(N)cc(Oc2ccc3c(c2)CCCC3)n1. The smallest absolute Gasteiger partial charge is 0.224 e. The highest BCUT2D eigenvalue weighted by Crippen LogP contribution is 2.28. The number of methoxy groups -OCH3 is 1. The highest BCUT2D eigenvalue weighted by atomic mass is 16.5. The van der Waals surface area contributed by atoms with Crippen LogP contribution in [-0.2, 0) is 24.2 Å². The van der Waals surface area contributed by atoms with Crippen molar-refractivity contribution in [3.8, 4) is 11.6 Å². The monoisotopic (exact) mass is 285 g/mol. The molecule has 0 radical (unpaired) electrons. The van der Waals surface area contributed by atoms with Crippen molar-refractivity contribution in [1.29, 1.82) is 0 Å². The first-order valence-corrected chi connectivity index (χ1v) is 7.16. The number of nitrogens with two attached hydrogens (primary N) is 1. The topological polar surface area (TPSA) is 70.3 Å². The second-order valence-corrected chi connectivity index (χ2v) is 5.22. The minimum Gasteiger partial charge on any atom is -0.439 e. The van der Waals surface area contributed by atoms with E-state index in [9.17, 15) is 0 Å². The Labute approximate surface area is 124 Å². The van der Waals surface area contributed by atoms with E-state index in [-0.39, 0.29) is 0 Å². The molecule has 0 aliphatic heterocycles. The Kier molecular flexibility index (Phi) is 4.01. The van der Waals surface area contributed by atoms with Crippen LogP contribution in [0.4, 0.5) is 5.82 Å². The molecular formula is C16H19N3O2. The molecule has 0 amide bonds. The Bertz CT molecular complexity index is 643. The average Bonchev–Trinajstić information content (AvgIpc) is 2.47. The van der Waals surface area contributed by atoms with Gasteiger partial charge in [0.15, 0.2) is 5.82 Å². The number of nitrogen functional groups attached to an aromatic ring is 1. The van der Waals surface area contributed by atoms with E-state index in [2.05, 4.69) is 22.1 Å². The Balaban J connectivity index is 1.83. The number of aryl methyl sites for hydroxylation is 2. The van der Waals surface area contributed by atoms with Gasteiger partial charge in [0, 0.05) is 13.2 Å². The van der Waals surface area contributed by atoms with Crippen LogP contribution in [-0.4, -0.2) is 17.1 Å². The number of anilines is 1. The molecule has 1 heterocycles. The summed E-state index contributed by atoms with van der Waals surface area (Å²) < 4.78 is 10.9. The predicted octanol–water partition coefficient (Wildman–Crippen LogP) is 2.88. The molecule has 0 spiro atoms. The van der Waals surface area contributed by atoms with Crippen molar-refractivity contribution in [3.63, 3.8) is 0 Å². The van der Waals surface area contributed by atoms with Gasteiger partial charge in [-0.3, -0.25) is 0 Å². The van der Waals surface area contributed by atoms with Crippen LogP contribution in [0.1, 0.15) is 29.8 Å². The molecule has 5 nitrogen and oxygen atoms in total. The van der Waals surface area contributed by atoms with Crippen LogP contribution >= 0.6 is 0 Å². The summed E-state index contributed by atoms with van der Waals surface area (Å²) in [6, 6.07) is 7.85. The number of hydrogen-bond acceptors (Lipinski definition) is 5. The number of nitrogens with zero attached hydrogens (tertiary/aromatic N) is 2. The predicted molar refractivity (Wildman–Crippen MR) is 80.3 cm³/mol. The fourth-order valence-corrected chi connectivity index (χ4v) is 2.63. The molecule has 0 bridgehead atoms. The Morgan fingerprint density at radius 2 is 1.90 bits per heavy atom. The van der Waals surface area contributed by atoms with Gasteiger partial charge in [-0.05, 0) is 48.9 Å². The maximum atomic E-state index is 5.83. The Hall–Kier alpha value is -2.14. The molecule has 0 unspecified atom stereocenters. The maximum absolute atomic E-state index is 5.83. The summed E-state index contributed by atoms with van der Waals surface area (Å²) in [6.45, 7) is 0.311. The van der Waals surface area contributed by atoms with Gasteiger partial charge in [-0.1, -0.05) is 6.07 Å². The van der Waals surface area contributed by atoms with E-state index in [4.69, 9.17) is 15.2 Å². The third kappa shape index (κ3) is 3.31. The summed E-state index contributed by atoms with van der Waals surface area (Å²) in [5, 5.41) is 0. The van der Waals surface area contributed by atoms with Crippen molar-refractivity contribution in [2.24, 2.45) is 0 Å².